The number of hydrogen-bond donors (Lipinski definition) is 2. The van der Waals surface area contributed by atoms with Gasteiger partial charge < -0.3 is 34.9 Å². The van der Waals surface area contributed by atoms with Gasteiger partial charge in [0.2, 0.25) is 0 Å². The lowest BCUT2D eigenvalue weighted by Gasteiger charge is -2.23. The molecule has 5 aromatic rings. The molecule has 0 saturated heterocycles. The van der Waals surface area contributed by atoms with E-state index in [1.807, 2.05) is 77.4 Å². The number of amides is 2. The first-order chi connectivity index (χ1) is 26.3. The van der Waals surface area contributed by atoms with E-state index >= 15 is 0 Å². The minimum absolute atomic E-state index is 0.0200. The monoisotopic (exact) mass is 721 g/mol. The average molecular weight is 722 g/mol. The smallest absolute Gasteiger partial charge is 0.261 e. The van der Waals surface area contributed by atoms with Crippen molar-refractivity contribution in [1.82, 2.24) is 0 Å². The number of carbonyl (C=O) groups is 2. The minimum atomic E-state index is -0.147. The van der Waals surface area contributed by atoms with Crippen LogP contribution in [0.2, 0.25) is 0 Å². The summed E-state index contributed by atoms with van der Waals surface area (Å²) in [6, 6.07) is 28.6. The number of nitrogens with zero attached hydrogens (tertiary/aromatic N) is 3. The third-order valence-corrected chi connectivity index (χ3v) is 10.7. The minimum Gasteiger partial charge on any atom is -0.493 e. The van der Waals surface area contributed by atoms with Gasteiger partial charge in [-0.25, -0.2) is 0 Å². The van der Waals surface area contributed by atoms with Crippen molar-refractivity contribution in [3.8, 4) is 23.0 Å². The van der Waals surface area contributed by atoms with Crippen molar-refractivity contribution >= 4 is 46.0 Å². The zero-order chi connectivity index (χ0) is 37.1. The molecule has 0 bridgehead atoms. The molecule has 54 heavy (non-hydrogen) atoms. The van der Waals surface area contributed by atoms with Crippen LogP contribution in [0.1, 0.15) is 49.9 Å². The molecule has 4 aliphatic heterocycles. The highest BCUT2D eigenvalue weighted by Crippen LogP contribution is 2.43. The largest absolute Gasteiger partial charge is 0.493 e. The summed E-state index contributed by atoms with van der Waals surface area (Å²) < 4.78 is 24.0. The Morgan fingerprint density at radius 1 is 0.722 bits per heavy atom. The van der Waals surface area contributed by atoms with Gasteiger partial charge in [-0.15, -0.1) is 0 Å². The fraction of sp³-hybridized carbons (Fsp3) is 0.233. The Hall–Kier alpha value is -6.49. The second-order valence-electron chi connectivity index (χ2n) is 14.0. The number of nitrogen functional groups attached to an aromatic ring is 1. The first kappa shape index (κ1) is 33.4. The van der Waals surface area contributed by atoms with Crippen molar-refractivity contribution < 1.29 is 28.5 Å². The lowest BCUT2D eigenvalue weighted by atomic mass is 10.1. The zero-order valence-electron chi connectivity index (χ0n) is 30.2. The van der Waals surface area contributed by atoms with Crippen LogP contribution in [0.5, 0.6) is 23.0 Å². The Kier molecular flexibility index (Phi) is 8.14. The summed E-state index contributed by atoms with van der Waals surface area (Å²) in [5.74, 6) is 1.66. The number of fused-ring (bicyclic) bond motifs is 8. The van der Waals surface area contributed by atoms with Crippen LogP contribution in [0.15, 0.2) is 96.0 Å². The number of para-hydroxylation sites is 2. The van der Waals surface area contributed by atoms with Gasteiger partial charge in [0.05, 0.1) is 48.8 Å². The predicted octanol–water partition coefficient (Wildman–Crippen LogP) is 7.12. The molecule has 4 aliphatic rings. The Morgan fingerprint density at radius 3 is 2.00 bits per heavy atom. The highest BCUT2D eigenvalue weighted by molar-refractivity contribution is 6.17. The molecule has 4 heterocycles. The molecule has 0 aliphatic carbocycles. The molecule has 0 unspecified atom stereocenters. The lowest BCUT2D eigenvalue weighted by Crippen LogP contribution is -2.40. The van der Waals surface area contributed by atoms with Crippen LogP contribution in [-0.4, -0.2) is 50.4 Å². The van der Waals surface area contributed by atoms with E-state index in [1.165, 1.54) is 5.56 Å². The van der Waals surface area contributed by atoms with Gasteiger partial charge in [0, 0.05) is 47.9 Å². The number of ether oxygens (including phenoxy) is 4. The third kappa shape index (κ3) is 5.63. The van der Waals surface area contributed by atoms with Gasteiger partial charge in [-0.1, -0.05) is 36.4 Å². The number of nitrogens with one attached hydrogen (secondary N) is 1. The standard InChI is InChI=1S/C43H39N5O6/c1-24-37-16-28-9-5-7-11-36(28)48(37)43(50)32-18-39(52-3)41(20-34(32)46-24)54-23-26-12-25(13-29(44)14-26)22-53-40-19-33-31(17-38(40)51-2)42(49)47-30(21-45-33)15-27-8-4-6-10-35(27)47/h4-14,17-20,30,37,45H,15-16,21-23,44H2,1-3H3/t30-,37-/m0/s1. The summed E-state index contributed by atoms with van der Waals surface area (Å²) in [6.45, 7) is 2.96. The molecule has 9 rings (SSSR count). The van der Waals surface area contributed by atoms with Gasteiger partial charge in [0.25, 0.3) is 11.8 Å². The Balaban J connectivity index is 0.929. The molecule has 5 aromatic carbocycles. The third-order valence-electron chi connectivity index (χ3n) is 10.7. The summed E-state index contributed by atoms with van der Waals surface area (Å²) in [7, 11) is 3.12. The van der Waals surface area contributed by atoms with E-state index in [9.17, 15) is 9.59 Å². The Labute approximate surface area is 312 Å². The zero-order valence-corrected chi connectivity index (χ0v) is 30.2. The topological polar surface area (TPSA) is 128 Å². The lowest BCUT2D eigenvalue weighted by molar-refractivity contribution is 0.0976. The second kappa shape index (κ2) is 13.2. The predicted molar refractivity (Wildman–Crippen MR) is 208 cm³/mol. The molecule has 0 radical (unpaired) electrons. The van der Waals surface area contributed by atoms with Crippen LogP contribution in [0.4, 0.5) is 28.4 Å². The molecule has 0 spiro atoms. The maximum atomic E-state index is 13.9. The molecule has 0 aromatic heterocycles. The van der Waals surface area contributed by atoms with E-state index in [1.54, 1.807) is 32.4 Å². The van der Waals surface area contributed by atoms with Crippen LogP contribution in [-0.2, 0) is 26.1 Å². The van der Waals surface area contributed by atoms with Gasteiger partial charge >= 0.3 is 0 Å². The number of carbonyl (C=O) groups excluding carboxylic acids is 2. The average Bonchev–Trinajstić information content (AvgIpc) is 3.70. The quantitative estimate of drug-likeness (QED) is 0.162. The fourth-order valence-corrected chi connectivity index (χ4v) is 8.14. The number of methoxy groups -OCH3 is 2. The molecule has 3 N–H and O–H groups in total. The van der Waals surface area contributed by atoms with Crippen LogP contribution >= 0.6 is 0 Å². The molecule has 11 heteroatoms. The van der Waals surface area contributed by atoms with Crippen molar-refractivity contribution in [1.29, 1.82) is 0 Å². The van der Waals surface area contributed by atoms with Crippen molar-refractivity contribution in [2.45, 2.75) is 45.1 Å². The molecular weight excluding hydrogens is 683 g/mol. The maximum Gasteiger partial charge on any atom is 0.261 e. The molecule has 11 nitrogen and oxygen atoms in total. The number of aliphatic imine (C=N–C) groups is 1. The highest BCUT2D eigenvalue weighted by Gasteiger charge is 2.40. The molecular formula is C43H39N5O6. The summed E-state index contributed by atoms with van der Waals surface area (Å²) in [6.07, 6.45) is 1.52. The highest BCUT2D eigenvalue weighted by atomic mass is 16.5. The molecule has 272 valence electrons. The van der Waals surface area contributed by atoms with Crippen molar-refractivity contribution in [3.63, 3.8) is 0 Å². The van der Waals surface area contributed by atoms with Gasteiger partial charge in [0.15, 0.2) is 23.0 Å². The van der Waals surface area contributed by atoms with Crippen LogP contribution < -0.4 is 39.8 Å². The first-order valence-corrected chi connectivity index (χ1v) is 18.0. The van der Waals surface area contributed by atoms with Crippen LogP contribution in [0.3, 0.4) is 0 Å². The van der Waals surface area contributed by atoms with E-state index in [-0.39, 0.29) is 37.1 Å². The van der Waals surface area contributed by atoms with Gasteiger partial charge in [-0.3, -0.25) is 19.5 Å². The maximum absolute atomic E-state index is 13.9. The van der Waals surface area contributed by atoms with E-state index in [0.717, 1.165) is 46.6 Å². The molecule has 2 amide bonds. The van der Waals surface area contributed by atoms with E-state index in [0.29, 0.717) is 57.7 Å². The Morgan fingerprint density at radius 2 is 1.31 bits per heavy atom. The Bertz CT molecular complexity index is 2390. The molecule has 0 fully saturated rings. The van der Waals surface area contributed by atoms with E-state index < -0.39 is 0 Å². The second-order valence-corrected chi connectivity index (χ2v) is 14.0. The number of benzene rings is 5. The van der Waals surface area contributed by atoms with E-state index in [2.05, 4.69) is 17.4 Å². The van der Waals surface area contributed by atoms with Crippen molar-refractivity contribution in [3.05, 3.63) is 124 Å². The van der Waals surface area contributed by atoms with Gasteiger partial charge in [-0.05, 0) is 78.1 Å². The van der Waals surface area contributed by atoms with Crippen LogP contribution in [0.25, 0.3) is 0 Å². The summed E-state index contributed by atoms with van der Waals surface area (Å²) in [5.41, 5.74) is 15.8. The fourth-order valence-electron chi connectivity index (χ4n) is 8.14. The van der Waals surface area contributed by atoms with E-state index in [4.69, 9.17) is 29.7 Å². The first-order valence-electron chi connectivity index (χ1n) is 18.0. The van der Waals surface area contributed by atoms with Crippen molar-refractivity contribution in [2.75, 3.05) is 41.6 Å². The number of anilines is 4. The number of nitrogens with two attached hydrogens (primary N) is 1. The molecule has 0 saturated carbocycles. The number of hydrogen-bond acceptors (Lipinski definition) is 9. The summed E-state index contributed by atoms with van der Waals surface area (Å²) >= 11 is 0. The summed E-state index contributed by atoms with van der Waals surface area (Å²) in [5, 5.41) is 3.48. The SMILES string of the molecule is COc1cc2c(cc1OCc1cc(N)cc(COc3cc4c(cc3OC)C(=O)N3c5ccccc5C[C@H]3CN4)c1)N=C(C)[C@@H]1Cc3ccccc3N1C2=O. The van der Waals surface area contributed by atoms with Gasteiger partial charge in [-0.2, -0.15) is 0 Å². The van der Waals surface area contributed by atoms with Crippen LogP contribution in [0, 0.1) is 0 Å². The normalized spacial score (nSPS) is 17.8. The summed E-state index contributed by atoms with van der Waals surface area (Å²) in [4.78, 5) is 36.4. The van der Waals surface area contributed by atoms with Gasteiger partial charge in [0.1, 0.15) is 13.2 Å². The van der Waals surface area contributed by atoms with Crippen molar-refractivity contribution in [2.24, 2.45) is 4.99 Å². The molecule has 2 atom stereocenters. The number of rotatable bonds is 8.